The van der Waals surface area contributed by atoms with Crippen LogP contribution in [0.3, 0.4) is 0 Å². The summed E-state index contributed by atoms with van der Waals surface area (Å²) >= 11 is 0. The third kappa shape index (κ3) is 12.7. The van der Waals surface area contributed by atoms with Crippen LogP contribution < -0.4 is 21.3 Å². The molecule has 13 nitrogen and oxygen atoms in total. The third-order valence-corrected chi connectivity index (χ3v) is 6.91. The maximum absolute atomic E-state index is 12.7. The molecule has 0 spiro atoms. The van der Waals surface area contributed by atoms with Crippen molar-refractivity contribution in [3.05, 3.63) is 47.7 Å². The molecule has 1 aromatic carbocycles. The summed E-state index contributed by atoms with van der Waals surface area (Å²) in [6.45, 7) is 4.37. The molecule has 240 valence electrons. The van der Waals surface area contributed by atoms with E-state index in [1.165, 1.54) is 30.7 Å². The van der Waals surface area contributed by atoms with Crippen LogP contribution in [-0.2, 0) is 19.2 Å². The Bertz CT molecular complexity index is 1190. The largest absolute Gasteiger partial charge is 0.387 e. The second kappa shape index (κ2) is 21.1. The number of hydrogen-bond donors (Lipinski definition) is 3. The lowest BCUT2D eigenvalue weighted by molar-refractivity contribution is -0.121. The number of nitrogens with two attached hydrogens (primary N) is 1. The second-order valence-corrected chi connectivity index (χ2v) is 9.96. The SMILES string of the molecule is CN1CCN(c2ccc(N)nc2)CC1.CNC(=O)CCC(C=O)N(C)C(=O)c1c(C=O)cccc1NC.O=CCCCC=O. The van der Waals surface area contributed by atoms with Gasteiger partial charge in [0.1, 0.15) is 24.7 Å². The molecule has 4 N–H and O–H groups in total. The van der Waals surface area contributed by atoms with Gasteiger partial charge in [-0.1, -0.05) is 12.1 Å². The van der Waals surface area contributed by atoms with Crippen LogP contribution in [0.25, 0.3) is 0 Å². The summed E-state index contributed by atoms with van der Waals surface area (Å²) in [6, 6.07) is 8.02. The molecule has 1 aliphatic heterocycles. The van der Waals surface area contributed by atoms with Crippen LogP contribution in [-0.4, -0.2) is 112 Å². The highest BCUT2D eigenvalue weighted by Gasteiger charge is 2.25. The summed E-state index contributed by atoms with van der Waals surface area (Å²) in [6.07, 6.45) is 6.79. The van der Waals surface area contributed by atoms with E-state index in [4.69, 9.17) is 5.73 Å². The fraction of sp³-hybridized carbons (Fsp3) is 0.452. The first kappa shape index (κ1) is 37.4. The zero-order valence-corrected chi connectivity index (χ0v) is 26.0. The van der Waals surface area contributed by atoms with Crippen molar-refractivity contribution in [2.24, 2.45) is 0 Å². The van der Waals surface area contributed by atoms with Crippen molar-refractivity contribution in [1.29, 1.82) is 0 Å². The summed E-state index contributed by atoms with van der Waals surface area (Å²) in [4.78, 5) is 75.6. The van der Waals surface area contributed by atoms with Gasteiger partial charge in [-0.25, -0.2) is 4.98 Å². The summed E-state index contributed by atoms with van der Waals surface area (Å²) in [5, 5.41) is 5.33. The summed E-state index contributed by atoms with van der Waals surface area (Å²) < 4.78 is 0. The van der Waals surface area contributed by atoms with Crippen LogP contribution in [0.5, 0.6) is 0 Å². The van der Waals surface area contributed by atoms with E-state index in [2.05, 4.69) is 32.5 Å². The van der Waals surface area contributed by atoms with E-state index in [1.54, 1.807) is 19.2 Å². The van der Waals surface area contributed by atoms with Gasteiger partial charge in [-0.3, -0.25) is 14.4 Å². The van der Waals surface area contributed by atoms with Crippen molar-refractivity contribution in [2.45, 2.75) is 38.1 Å². The second-order valence-electron chi connectivity index (χ2n) is 9.96. The van der Waals surface area contributed by atoms with Crippen LogP contribution >= 0.6 is 0 Å². The van der Waals surface area contributed by atoms with E-state index in [-0.39, 0.29) is 29.9 Å². The molecule has 0 radical (unpaired) electrons. The zero-order chi connectivity index (χ0) is 32.9. The molecule has 0 aliphatic carbocycles. The number of amides is 2. The highest BCUT2D eigenvalue weighted by molar-refractivity contribution is 6.06. The molecule has 1 aromatic heterocycles. The minimum absolute atomic E-state index is 0.131. The molecule has 1 saturated heterocycles. The predicted molar refractivity (Wildman–Crippen MR) is 171 cm³/mol. The van der Waals surface area contributed by atoms with Crippen molar-refractivity contribution < 1.29 is 28.8 Å². The number of carbonyl (C=O) groups excluding carboxylic acids is 6. The number of piperazine rings is 1. The van der Waals surface area contributed by atoms with E-state index in [0.717, 1.165) is 38.8 Å². The van der Waals surface area contributed by atoms with Crippen molar-refractivity contribution in [1.82, 2.24) is 20.1 Å². The molecule has 0 bridgehead atoms. The molecule has 1 aliphatic rings. The lowest BCUT2D eigenvalue weighted by Gasteiger charge is -2.33. The molecule has 3 rings (SSSR count). The molecule has 1 unspecified atom stereocenters. The standard InChI is InChI=1S/C16H21N3O4.C10H16N4.C5H8O2/c1-17-13-6-4-5-11(9-20)15(13)16(23)19(3)12(10-21)7-8-14(22)18-2;1-13-4-6-14(7-5-13)9-2-3-10(11)12-8-9;6-4-2-1-3-5-7/h4-6,9-10,12,17H,7-8H2,1-3H3,(H,18,22);2-3,8H,4-7H2,1H3,(H2,11,12);4-5H,1-3H2. The van der Waals surface area contributed by atoms with Crippen LogP contribution in [0.1, 0.15) is 52.8 Å². The van der Waals surface area contributed by atoms with Gasteiger partial charge >= 0.3 is 0 Å². The average Bonchev–Trinajstić information content (AvgIpc) is 3.05. The highest BCUT2D eigenvalue weighted by Crippen LogP contribution is 2.22. The fourth-order valence-corrected chi connectivity index (χ4v) is 4.13. The Morgan fingerprint density at radius 2 is 1.68 bits per heavy atom. The number of nitrogen functional groups attached to an aromatic ring is 1. The minimum atomic E-state index is -0.746. The van der Waals surface area contributed by atoms with Crippen molar-refractivity contribution in [3.63, 3.8) is 0 Å². The lowest BCUT2D eigenvalue weighted by atomic mass is 10.0. The molecule has 0 saturated carbocycles. The Morgan fingerprint density at radius 1 is 1.02 bits per heavy atom. The molecule has 2 heterocycles. The maximum atomic E-state index is 12.7. The van der Waals surface area contributed by atoms with Gasteiger partial charge in [0.2, 0.25) is 5.91 Å². The zero-order valence-electron chi connectivity index (χ0n) is 26.0. The maximum Gasteiger partial charge on any atom is 0.257 e. The third-order valence-electron chi connectivity index (χ3n) is 6.91. The van der Waals surface area contributed by atoms with E-state index in [1.807, 2.05) is 18.3 Å². The molecule has 13 heteroatoms. The molecule has 2 amide bonds. The first-order chi connectivity index (χ1) is 21.2. The van der Waals surface area contributed by atoms with Crippen LogP contribution in [0.2, 0.25) is 0 Å². The number of aromatic nitrogens is 1. The van der Waals surface area contributed by atoms with Gasteiger partial charge in [0.25, 0.3) is 5.91 Å². The smallest absolute Gasteiger partial charge is 0.257 e. The number of nitrogens with one attached hydrogen (secondary N) is 2. The van der Waals surface area contributed by atoms with Gasteiger partial charge in [0.05, 0.1) is 23.5 Å². The van der Waals surface area contributed by atoms with Crippen molar-refractivity contribution in [3.8, 4) is 0 Å². The topological polar surface area (TPSA) is 175 Å². The molecular weight excluding hydrogens is 566 g/mol. The van der Waals surface area contributed by atoms with Crippen LogP contribution in [0.15, 0.2) is 36.5 Å². The molecule has 1 atom stereocenters. The Balaban J connectivity index is 0.000000387. The molecular formula is C31H45N7O6. The fourth-order valence-electron chi connectivity index (χ4n) is 4.13. The number of nitrogens with zero attached hydrogens (tertiary/aromatic N) is 4. The minimum Gasteiger partial charge on any atom is -0.387 e. The Kier molecular flexibility index (Phi) is 17.9. The lowest BCUT2D eigenvalue weighted by Crippen LogP contribution is -2.44. The molecule has 44 heavy (non-hydrogen) atoms. The number of carbonyl (C=O) groups is 6. The molecule has 1 fully saturated rings. The Labute approximate surface area is 259 Å². The summed E-state index contributed by atoms with van der Waals surface area (Å²) in [7, 11) is 6.78. The number of pyridine rings is 1. The monoisotopic (exact) mass is 611 g/mol. The van der Waals surface area contributed by atoms with E-state index < -0.39 is 11.9 Å². The van der Waals surface area contributed by atoms with Gasteiger partial charge in [-0.05, 0) is 38.1 Å². The van der Waals surface area contributed by atoms with E-state index >= 15 is 0 Å². The Morgan fingerprint density at radius 3 is 2.18 bits per heavy atom. The van der Waals surface area contributed by atoms with Gasteiger partial charge in [-0.2, -0.15) is 0 Å². The van der Waals surface area contributed by atoms with Crippen molar-refractivity contribution >= 4 is 54.2 Å². The number of aldehydes is 4. The van der Waals surface area contributed by atoms with E-state index in [0.29, 0.717) is 43.3 Å². The Hall–Kier alpha value is -4.65. The van der Waals surface area contributed by atoms with E-state index in [9.17, 15) is 28.8 Å². The van der Waals surface area contributed by atoms with Crippen molar-refractivity contribution in [2.75, 3.05) is 70.3 Å². The van der Waals surface area contributed by atoms with Gasteiger partial charge in [-0.15, -0.1) is 0 Å². The summed E-state index contributed by atoms with van der Waals surface area (Å²) in [5.74, 6) is -0.0733. The number of anilines is 3. The number of hydrogen-bond acceptors (Lipinski definition) is 11. The number of likely N-dealkylation sites (N-methyl/N-ethyl adjacent to an activating group) is 2. The first-order valence-corrected chi connectivity index (χ1v) is 14.4. The molecule has 2 aromatic rings. The van der Waals surface area contributed by atoms with Crippen LogP contribution in [0.4, 0.5) is 17.2 Å². The number of unbranched alkanes of at least 4 members (excludes halogenated alkanes) is 2. The first-order valence-electron chi connectivity index (χ1n) is 14.4. The normalized spacial score (nSPS) is 13.0. The average molecular weight is 612 g/mol. The van der Waals surface area contributed by atoms with Gasteiger partial charge in [0.15, 0.2) is 6.29 Å². The quantitative estimate of drug-likeness (QED) is 0.222. The van der Waals surface area contributed by atoms with Gasteiger partial charge < -0.3 is 45.5 Å². The summed E-state index contributed by atoms with van der Waals surface area (Å²) in [5.41, 5.74) is 7.66. The highest BCUT2D eigenvalue weighted by atomic mass is 16.2. The number of benzene rings is 1. The number of rotatable bonds is 13. The van der Waals surface area contributed by atoms with Crippen LogP contribution in [0, 0.1) is 0 Å². The van der Waals surface area contributed by atoms with Gasteiger partial charge in [0, 0.05) is 77.8 Å². The predicted octanol–water partition coefficient (Wildman–Crippen LogP) is 1.68.